The zero-order chi connectivity index (χ0) is 38.4. The third-order valence-electron chi connectivity index (χ3n) is 10.4. The monoisotopic (exact) mass is 908 g/mol. The van der Waals surface area contributed by atoms with E-state index >= 15 is 0 Å². The SMILES string of the molecule is C1=Cc2nc1c(-c1ccccc1)c1ccc(s1)c1ccc(s1)c(-c1ccccc1)c1nc(c(-c3ccccc3)c3ccc([se]3)c3ccc([se]3)c2-c2ccccc2)C=C1. The average molecular weight is 907 g/mol. The summed E-state index contributed by atoms with van der Waals surface area (Å²) in [6, 6.07) is 61.7. The van der Waals surface area contributed by atoms with Gasteiger partial charge in [-0.15, -0.1) is 0 Å². The standard InChI is InChI=1S/C52H32N2S2Se2/c1-5-13-33(14-6-1)49-37-21-23-39(53-37)51(35-17-9-3-10-18-35)47-31-29-45(57-47)46-30-32-48(58-46)52(36-19-11-4-12-20-36)40-24-22-38(54-40)50(34-15-7-2-8-16-34)44-28-26-42(56-44)41-25-27-43(49)55-41/h1-32H. The third-order valence-corrected chi connectivity index (χ3v) is 18.3. The Kier molecular flexibility index (Phi) is 9.33. The van der Waals surface area contributed by atoms with Crippen molar-refractivity contribution in [1.29, 1.82) is 0 Å². The van der Waals surface area contributed by atoms with E-state index in [1.54, 1.807) is 0 Å². The van der Waals surface area contributed by atoms with Crippen molar-refractivity contribution < 1.29 is 0 Å². The molecule has 2 aliphatic rings. The van der Waals surface area contributed by atoms with Crippen molar-refractivity contribution in [2.75, 3.05) is 0 Å². The second kappa shape index (κ2) is 15.2. The molecule has 58 heavy (non-hydrogen) atoms. The van der Waals surface area contributed by atoms with Gasteiger partial charge in [0.1, 0.15) is 0 Å². The van der Waals surface area contributed by atoms with E-state index < -0.39 is 0 Å². The molecule has 5 aromatic heterocycles. The summed E-state index contributed by atoms with van der Waals surface area (Å²) in [4.78, 5) is 11.0. The predicted octanol–water partition coefficient (Wildman–Crippen LogP) is 14.3. The van der Waals surface area contributed by atoms with Crippen LogP contribution >= 0.6 is 22.7 Å². The Hall–Kier alpha value is -5.68. The van der Waals surface area contributed by atoms with Gasteiger partial charge in [-0.3, -0.25) is 0 Å². The summed E-state index contributed by atoms with van der Waals surface area (Å²) in [6.07, 6.45) is 8.90. The van der Waals surface area contributed by atoms with Crippen LogP contribution in [-0.4, -0.2) is 39.0 Å². The fourth-order valence-corrected chi connectivity index (χ4v) is 15.2. The fourth-order valence-electron chi connectivity index (χ4n) is 7.78. The number of hydrogen-bond donors (Lipinski definition) is 0. The number of aromatic nitrogens is 2. The summed E-state index contributed by atoms with van der Waals surface area (Å²) in [5.74, 6) is 0. The normalized spacial score (nSPS) is 12.0. The molecule has 0 radical (unpaired) electrons. The number of nitrogens with zero attached hydrogens (tertiary/aromatic N) is 2. The van der Waals surface area contributed by atoms with Gasteiger partial charge in [0.15, 0.2) is 0 Å². The first-order valence-corrected chi connectivity index (χ1v) is 24.2. The third kappa shape index (κ3) is 6.59. The molecule has 0 spiro atoms. The topological polar surface area (TPSA) is 25.8 Å². The summed E-state index contributed by atoms with van der Waals surface area (Å²) in [5, 5.41) is 0. The van der Waals surface area contributed by atoms with Crippen molar-refractivity contribution >= 4 is 112 Å². The summed E-state index contributed by atoms with van der Waals surface area (Å²) >= 11 is 3.90. The molecule has 9 aromatic rings. The van der Waals surface area contributed by atoms with Crippen LogP contribution in [0.5, 0.6) is 0 Å². The van der Waals surface area contributed by atoms with E-state index in [2.05, 4.69) is 194 Å². The van der Waals surface area contributed by atoms with E-state index in [4.69, 9.17) is 9.97 Å². The first-order valence-electron chi connectivity index (χ1n) is 19.1. The van der Waals surface area contributed by atoms with Crippen LogP contribution in [0.15, 0.2) is 170 Å². The van der Waals surface area contributed by atoms with Gasteiger partial charge in [-0.25, -0.2) is 0 Å². The number of rotatable bonds is 4. The number of thiophene rings is 2. The number of fused-ring (bicyclic) bond motifs is 14. The zero-order valence-corrected chi connectivity index (χ0v) is 36.1. The maximum absolute atomic E-state index is 5.49. The van der Waals surface area contributed by atoms with Crippen molar-refractivity contribution in [3.8, 4) is 44.5 Å². The second-order valence-electron chi connectivity index (χ2n) is 14.1. The Morgan fingerprint density at radius 2 is 0.569 bits per heavy atom. The van der Waals surface area contributed by atoms with Gasteiger partial charge in [0, 0.05) is 0 Å². The first-order chi connectivity index (χ1) is 28.7. The molecule has 274 valence electrons. The van der Waals surface area contributed by atoms with Crippen LogP contribution < -0.4 is 0 Å². The molecule has 12 bridgehead atoms. The number of hydrogen-bond acceptors (Lipinski definition) is 4. The van der Waals surface area contributed by atoms with Gasteiger partial charge in [-0.2, -0.15) is 0 Å². The van der Waals surface area contributed by atoms with E-state index in [0.29, 0.717) is 0 Å². The Balaban J connectivity index is 1.29. The fraction of sp³-hybridized carbons (Fsp3) is 0. The average Bonchev–Trinajstić information content (AvgIpc) is 4.13. The van der Waals surface area contributed by atoms with Crippen molar-refractivity contribution in [1.82, 2.24) is 9.97 Å². The van der Waals surface area contributed by atoms with Gasteiger partial charge in [-0.05, 0) is 0 Å². The van der Waals surface area contributed by atoms with Crippen LogP contribution in [0.25, 0.3) is 105 Å². The van der Waals surface area contributed by atoms with E-state index in [1.165, 1.54) is 69.2 Å². The molecule has 0 saturated heterocycles. The molecule has 6 heteroatoms. The first kappa shape index (κ1) is 35.5. The Morgan fingerprint density at radius 1 is 0.276 bits per heavy atom. The van der Waals surface area contributed by atoms with Gasteiger partial charge < -0.3 is 0 Å². The Labute approximate surface area is 356 Å². The van der Waals surface area contributed by atoms with Crippen LogP contribution in [0.1, 0.15) is 22.8 Å². The van der Waals surface area contributed by atoms with Crippen molar-refractivity contribution in [3.63, 3.8) is 0 Å². The molecule has 4 aromatic carbocycles. The predicted molar refractivity (Wildman–Crippen MR) is 254 cm³/mol. The molecular weight excluding hydrogens is 875 g/mol. The zero-order valence-electron chi connectivity index (χ0n) is 31.0. The van der Waals surface area contributed by atoms with Gasteiger partial charge in [0.05, 0.1) is 0 Å². The van der Waals surface area contributed by atoms with Gasteiger partial charge >= 0.3 is 359 Å². The van der Waals surface area contributed by atoms with Crippen LogP contribution in [0.3, 0.4) is 0 Å². The molecule has 0 atom stereocenters. The molecule has 11 rings (SSSR count). The van der Waals surface area contributed by atoms with Crippen LogP contribution in [0.4, 0.5) is 0 Å². The molecule has 0 aliphatic carbocycles. The van der Waals surface area contributed by atoms with Crippen molar-refractivity contribution in [2.45, 2.75) is 0 Å². The van der Waals surface area contributed by atoms with Crippen molar-refractivity contribution in [3.05, 3.63) is 193 Å². The van der Waals surface area contributed by atoms with Gasteiger partial charge in [0.25, 0.3) is 0 Å². The van der Waals surface area contributed by atoms with Gasteiger partial charge in [0.2, 0.25) is 0 Å². The summed E-state index contributed by atoms with van der Waals surface area (Å²) < 4.78 is 10.5. The molecule has 0 N–H and O–H groups in total. The van der Waals surface area contributed by atoms with E-state index in [1.807, 2.05) is 22.7 Å². The van der Waals surface area contributed by atoms with Crippen molar-refractivity contribution in [2.24, 2.45) is 0 Å². The molecule has 0 fully saturated rings. The molecule has 0 saturated carbocycles. The van der Waals surface area contributed by atoms with E-state index in [9.17, 15) is 0 Å². The summed E-state index contributed by atoms with van der Waals surface area (Å²) in [6.45, 7) is 0. The maximum atomic E-state index is 5.49. The van der Waals surface area contributed by atoms with Crippen LogP contribution in [0.2, 0.25) is 0 Å². The van der Waals surface area contributed by atoms with E-state index in [-0.39, 0.29) is 29.0 Å². The summed E-state index contributed by atoms with van der Waals surface area (Å²) in [7, 11) is 0. The minimum atomic E-state index is 0.114. The molecule has 0 amide bonds. The summed E-state index contributed by atoms with van der Waals surface area (Å²) in [5.41, 5.74) is 13.5. The molecule has 2 aliphatic heterocycles. The molecule has 7 heterocycles. The van der Waals surface area contributed by atoms with Crippen LogP contribution in [0, 0.1) is 0 Å². The van der Waals surface area contributed by atoms with Crippen LogP contribution in [-0.2, 0) is 0 Å². The van der Waals surface area contributed by atoms with E-state index in [0.717, 1.165) is 33.9 Å². The molecular formula is C52H32N2S2Se2. The Bertz CT molecular complexity index is 2880. The molecule has 0 unspecified atom stereocenters. The minimum absolute atomic E-state index is 0.114. The van der Waals surface area contributed by atoms with Gasteiger partial charge in [-0.1, -0.05) is 0 Å². The number of benzene rings is 4. The Morgan fingerprint density at radius 3 is 0.931 bits per heavy atom. The molecule has 2 nitrogen and oxygen atoms in total. The quantitative estimate of drug-likeness (QED) is 0.164. The second-order valence-corrected chi connectivity index (χ2v) is 20.8.